The number of nitrogens with zero attached hydrogens (tertiary/aromatic N) is 2. The van der Waals surface area contributed by atoms with E-state index in [0.29, 0.717) is 34.8 Å². The number of carbonyl (C=O) groups excluding carboxylic acids is 1. The van der Waals surface area contributed by atoms with E-state index < -0.39 is 5.92 Å². The molecule has 0 bridgehead atoms. The lowest BCUT2D eigenvalue weighted by atomic mass is 9.69. The monoisotopic (exact) mass is 497 g/mol. The molecule has 0 fully saturated rings. The molecule has 1 aromatic carbocycles. The number of rotatable bonds is 5. The predicted octanol–water partition coefficient (Wildman–Crippen LogP) is 7.02. The molecule has 4 rings (SSSR count). The maximum absolute atomic E-state index is 13.7. The van der Waals surface area contributed by atoms with Crippen molar-refractivity contribution in [3.05, 3.63) is 68.5 Å². The van der Waals surface area contributed by atoms with Gasteiger partial charge in [-0.15, -0.1) is 23.1 Å². The van der Waals surface area contributed by atoms with Crippen molar-refractivity contribution in [2.24, 2.45) is 11.1 Å². The van der Waals surface area contributed by atoms with Gasteiger partial charge in [-0.3, -0.25) is 9.69 Å². The van der Waals surface area contributed by atoms with E-state index in [4.69, 9.17) is 17.3 Å². The maximum Gasteiger partial charge on any atom is 0.162 e. The smallest absolute Gasteiger partial charge is 0.162 e. The number of ketones is 1. The summed E-state index contributed by atoms with van der Waals surface area (Å²) in [6.07, 6.45) is 2.07. The molecule has 0 saturated carbocycles. The summed E-state index contributed by atoms with van der Waals surface area (Å²) in [5.41, 5.74) is 10.4. The normalized spacial score (nSPS) is 20.2. The Bertz CT molecular complexity index is 1200. The van der Waals surface area contributed by atoms with E-state index in [9.17, 15) is 10.1 Å². The van der Waals surface area contributed by atoms with Crippen LogP contribution >= 0.6 is 34.7 Å². The molecule has 0 amide bonds. The molecule has 2 N–H and O–H groups in total. The Morgan fingerprint density at radius 1 is 1.27 bits per heavy atom. The molecule has 33 heavy (non-hydrogen) atoms. The summed E-state index contributed by atoms with van der Waals surface area (Å²) in [4.78, 5) is 16.8. The van der Waals surface area contributed by atoms with Crippen LogP contribution in [-0.2, 0) is 11.2 Å². The number of thiophene rings is 1. The second-order valence-corrected chi connectivity index (χ2v) is 12.3. The quantitative estimate of drug-likeness (QED) is 0.449. The highest BCUT2D eigenvalue weighted by Gasteiger charge is 2.45. The van der Waals surface area contributed by atoms with Crippen molar-refractivity contribution in [3.63, 3.8) is 0 Å². The molecule has 2 heterocycles. The van der Waals surface area contributed by atoms with Gasteiger partial charge in [-0.2, -0.15) is 5.26 Å². The minimum Gasteiger partial charge on any atom is -0.384 e. The van der Waals surface area contributed by atoms with Crippen LogP contribution in [0.4, 0.5) is 5.69 Å². The third-order valence-electron chi connectivity index (χ3n) is 6.18. The highest BCUT2D eigenvalue weighted by Crippen LogP contribution is 2.52. The summed E-state index contributed by atoms with van der Waals surface area (Å²) in [6.45, 7) is 8.48. The zero-order valence-corrected chi connectivity index (χ0v) is 21.8. The molecule has 1 aliphatic carbocycles. The largest absolute Gasteiger partial charge is 0.384 e. The van der Waals surface area contributed by atoms with Crippen molar-refractivity contribution < 1.29 is 4.79 Å². The fourth-order valence-electron chi connectivity index (χ4n) is 4.76. The first-order chi connectivity index (χ1) is 15.7. The maximum atomic E-state index is 13.7. The SMILES string of the molecule is CCSc1sc(CC)cc1C1C(C#N)=C(N)N(c2ccc(Cl)cc2)C2=C1C(=O)CC(C)(C)C2. The van der Waals surface area contributed by atoms with E-state index >= 15 is 0 Å². The molecule has 172 valence electrons. The van der Waals surface area contributed by atoms with Crippen molar-refractivity contribution in [2.45, 2.75) is 57.1 Å². The predicted molar refractivity (Wildman–Crippen MR) is 139 cm³/mol. The standard InChI is InChI=1S/C26H28ClN3OS2/c1-5-17-11-18(25(33-17)32-6-2)22-19(14-28)24(29)30(16-9-7-15(27)8-10-16)20-12-26(3,4)13-21(31)23(20)22/h7-11,22H,5-6,12-13,29H2,1-4H3. The van der Waals surface area contributed by atoms with Crippen molar-refractivity contribution in [1.29, 1.82) is 5.26 Å². The fraction of sp³-hybridized carbons (Fsp3) is 0.385. The summed E-state index contributed by atoms with van der Waals surface area (Å²) in [5, 5.41) is 10.9. The average Bonchev–Trinajstić information content (AvgIpc) is 3.16. The van der Waals surface area contributed by atoms with Gasteiger partial charge in [0.25, 0.3) is 0 Å². The first-order valence-electron chi connectivity index (χ1n) is 11.2. The van der Waals surface area contributed by atoms with Crippen LogP contribution in [0, 0.1) is 16.7 Å². The second-order valence-electron chi connectivity index (χ2n) is 9.20. The fourth-order valence-corrected chi connectivity index (χ4v) is 7.27. The lowest BCUT2D eigenvalue weighted by molar-refractivity contribution is -0.118. The molecule has 0 spiro atoms. The number of hydrogen-bond acceptors (Lipinski definition) is 6. The molecule has 2 aliphatic rings. The van der Waals surface area contributed by atoms with Crippen LogP contribution in [0.1, 0.15) is 56.9 Å². The number of carbonyl (C=O) groups is 1. The molecular weight excluding hydrogens is 470 g/mol. The van der Waals surface area contributed by atoms with Crippen molar-refractivity contribution >= 4 is 46.2 Å². The highest BCUT2D eigenvalue weighted by molar-refractivity contribution is 8.01. The number of halogens is 1. The van der Waals surface area contributed by atoms with Crippen LogP contribution in [0.2, 0.25) is 5.02 Å². The van der Waals surface area contributed by atoms with E-state index in [0.717, 1.165) is 29.1 Å². The molecule has 1 atom stereocenters. The van der Waals surface area contributed by atoms with E-state index in [1.807, 2.05) is 17.0 Å². The molecule has 0 saturated heterocycles. The molecule has 0 radical (unpaired) electrons. The van der Waals surface area contributed by atoms with Gasteiger partial charge >= 0.3 is 0 Å². The summed E-state index contributed by atoms with van der Waals surface area (Å²) in [6, 6.07) is 11.9. The number of anilines is 1. The minimum absolute atomic E-state index is 0.0992. The first-order valence-corrected chi connectivity index (χ1v) is 13.4. The van der Waals surface area contributed by atoms with Gasteiger partial charge in [0.15, 0.2) is 5.78 Å². The van der Waals surface area contributed by atoms with Crippen molar-refractivity contribution in [2.75, 3.05) is 10.7 Å². The van der Waals surface area contributed by atoms with Crippen LogP contribution < -0.4 is 10.6 Å². The van der Waals surface area contributed by atoms with Gasteiger partial charge in [-0.25, -0.2) is 0 Å². The highest BCUT2D eigenvalue weighted by atomic mass is 35.5. The number of allylic oxidation sites excluding steroid dienone is 3. The van der Waals surface area contributed by atoms with Crippen LogP contribution in [0.15, 0.2) is 57.2 Å². The number of benzene rings is 1. The molecule has 1 aromatic heterocycles. The summed E-state index contributed by atoms with van der Waals surface area (Å²) >= 11 is 9.66. The molecule has 4 nitrogen and oxygen atoms in total. The molecular formula is C26H28ClN3OS2. The number of nitriles is 1. The Morgan fingerprint density at radius 2 is 1.97 bits per heavy atom. The number of thioether (sulfide) groups is 1. The van der Waals surface area contributed by atoms with Crippen molar-refractivity contribution in [1.82, 2.24) is 0 Å². The second kappa shape index (κ2) is 9.21. The average molecular weight is 498 g/mol. The van der Waals surface area contributed by atoms with Crippen LogP contribution in [0.5, 0.6) is 0 Å². The number of aryl methyl sites for hydroxylation is 1. The number of hydrogen-bond donors (Lipinski definition) is 1. The Balaban J connectivity index is 2.00. The van der Waals surface area contributed by atoms with E-state index in [1.54, 1.807) is 35.2 Å². The third kappa shape index (κ3) is 4.35. The first kappa shape index (κ1) is 23.9. The summed E-state index contributed by atoms with van der Waals surface area (Å²) < 4.78 is 1.17. The zero-order valence-electron chi connectivity index (χ0n) is 19.4. The lowest BCUT2D eigenvalue weighted by Crippen LogP contribution is -2.42. The van der Waals surface area contributed by atoms with Gasteiger partial charge in [-0.1, -0.05) is 39.3 Å². The Kier molecular flexibility index (Phi) is 6.68. The van der Waals surface area contributed by atoms with Gasteiger partial charge in [0.1, 0.15) is 5.82 Å². The minimum atomic E-state index is -0.428. The van der Waals surface area contributed by atoms with Gasteiger partial charge in [0, 0.05) is 33.3 Å². The van der Waals surface area contributed by atoms with E-state index in [2.05, 4.69) is 39.8 Å². The number of nitrogens with two attached hydrogens (primary N) is 1. The molecule has 2 aromatic rings. The Morgan fingerprint density at radius 3 is 2.58 bits per heavy atom. The third-order valence-corrected chi connectivity index (χ3v) is 8.91. The topological polar surface area (TPSA) is 70.1 Å². The van der Waals surface area contributed by atoms with E-state index in [1.165, 1.54) is 9.09 Å². The molecule has 7 heteroatoms. The number of Topliss-reactive ketones (excluding diaryl/α,β-unsaturated/α-hetero) is 1. The molecule has 1 unspecified atom stereocenters. The van der Waals surface area contributed by atoms with Crippen LogP contribution in [0.3, 0.4) is 0 Å². The lowest BCUT2D eigenvalue weighted by Gasteiger charge is -2.43. The van der Waals surface area contributed by atoms with Gasteiger partial charge in [0.2, 0.25) is 0 Å². The van der Waals surface area contributed by atoms with Crippen molar-refractivity contribution in [3.8, 4) is 6.07 Å². The Labute approximate surface area is 209 Å². The summed E-state index contributed by atoms with van der Waals surface area (Å²) in [7, 11) is 0. The Hall–Kier alpha value is -2.20. The zero-order chi connectivity index (χ0) is 23.9. The van der Waals surface area contributed by atoms with Crippen LogP contribution in [0.25, 0.3) is 0 Å². The van der Waals surface area contributed by atoms with Gasteiger partial charge in [0.05, 0.1) is 21.8 Å². The van der Waals surface area contributed by atoms with Gasteiger partial charge in [-0.05, 0) is 59.9 Å². The van der Waals surface area contributed by atoms with Crippen LogP contribution in [-0.4, -0.2) is 11.5 Å². The van der Waals surface area contributed by atoms with Gasteiger partial charge < -0.3 is 5.73 Å². The summed E-state index contributed by atoms with van der Waals surface area (Å²) in [5.74, 6) is 0.990. The van der Waals surface area contributed by atoms with E-state index in [-0.39, 0.29) is 11.2 Å². The molecule has 1 aliphatic heterocycles.